The molecular formula is C2H2N4O6S. The van der Waals surface area contributed by atoms with Crippen LogP contribution in [0.1, 0.15) is 0 Å². The topological polar surface area (TPSA) is 157 Å². The zero-order valence-electron chi connectivity index (χ0n) is 5.78. The summed E-state index contributed by atoms with van der Waals surface area (Å²) < 4.78 is 20.3. The second-order valence-corrected chi connectivity index (χ2v) is 3.08. The number of nitrogens with zero attached hydrogens (tertiary/aromatic N) is 3. The molecule has 0 aliphatic carbocycles. The van der Waals surface area contributed by atoms with E-state index in [1.165, 1.54) is 0 Å². The van der Waals surface area contributed by atoms with Gasteiger partial charge in [0.05, 0.1) is 0 Å². The number of carbonyl (C=O) groups is 1. The van der Waals surface area contributed by atoms with E-state index in [-0.39, 0.29) is 0 Å². The van der Waals surface area contributed by atoms with Gasteiger partial charge in [-0.2, -0.15) is 19.6 Å². The highest BCUT2D eigenvalue weighted by Crippen LogP contribution is 2.02. The molecule has 0 aromatic rings. The van der Waals surface area contributed by atoms with Gasteiger partial charge < -0.3 is 4.84 Å². The number of hydrogen-bond donors (Lipinski definition) is 1. The molecule has 10 nitrogen and oxygen atoms in total. The van der Waals surface area contributed by atoms with Crippen molar-refractivity contribution in [2.24, 2.45) is 5.90 Å². The molecule has 0 radical (unpaired) electrons. The Morgan fingerprint density at radius 3 is 2.38 bits per heavy atom. The zero-order chi connectivity index (χ0) is 10.6. The van der Waals surface area contributed by atoms with Crippen molar-refractivity contribution in [1.82, 2.24) is 4.41 Å². The first-order valence-corrected chi connectivity index (χ1v) is 3.82. The van der Waals surface area contributed by atoms with E-state index in [9.17, 15) is 23.3 Å². The van der Waals surface area contributed by atoms with E-state index < -0.39 is 24.8 Å². The van der Waals surface area contributed by atoms with Crippen LogP contribution in [0.25, 0.3) is 0 Å². The zero-order valence-corrected chi connectivity index (χ0v) is 6.59. The predicted molar refractivity (Wildman–Crippen MR) is 34.0 cm³/mol. The number of sulfonamides is 1. The molecule has 0 heterocycles. The van der Waals surface area contributed by atoms with Crippen LogP contribution < -0.4 is 5.90 Å². The van der Waals surface area contributed by atoms with E-state index in [1.54, 1.807) is 0 Å². The first-order chi connectivity index (χ1) is 5.87. The van der Waals surface area contributed by atoms with Gasteiger partial charge >= 0.3 is 15.3 Å². The molecule has 0 saturated heterocycles. The van der Waals surface area contributed by atoms with E-state index in [1.807, 2.05) is 0 Å². The number of nitriles is 1. The maximum absolute atomic E-state index is 10.6. The van der Waals surface area contributed by atoms with Crippen molar-refractivity contribution in [1.29, 1.82) is 5.26 Å². The van der Waals surface area contributed by atoms with Crippen molar-refractivity contribution in [3.63, 3.8) is 0 Å². The molecule has 0 aromatic carbocycles. The van der Waals surface area contributed by atoms with E-state index in [0.29, 0.717) is 6.19 Å². The first kappa shape index (κ1) is 11.1. The van der Waals surface area contributed by atoms with Crippen LogP contribution in [0, 0.1) is 21.6 Å². The fourth-order valence-electron chi connectivity index (χ4n) is 0.309. The molecule has 0 spiro atoms. The van der Waals surface area contributed by atoms with Gasteiger partial charge in [0.15, 0.2) is 5.03 Å². The van der Waals surface area contributed by atoms with Gasteiger partial charge in [-0.3, -0.25) is 0 Å². The van der Waals surface area contributed by atoms with Crippen LogP contribution >= 0.6 is 0 Å². The molecule has 0 atom stereocenters. The average molecular weight is 210 g/mol. The van der Waals surface area contributed by atoms with Crippen molar-refractivity contribution in [3.8, 4) is 6.19 Å². The number of carbonyl (C=O) groups excluding carboxylic acids is 1. The highest BCUT2D eigenvalue weighted by atomic mass is 32.2. The minimum absolute atomic E-state index is 0.647. The van der Waals surface area contributed by atoms with Crippen LogP contribution in [0.15, 0.2) is 0 Å². The lowest BCUT2D eigenvalue weighted by molar-refractivity contribution is -0.601. The van der Waals surface area contributed by atoms with Gasteiger partial charge in [0.25, 0.3) is 6.19 Å². The van der Waals surface area contributed by atoms with Crippen molar-refractivity contribution in [3.05, 3.63) is 10.1 Å². The molecule has 11 heteroatoms. The van der Waals surface area contributed by atoms with Crippen molar-refractivity contribution in [2.75, 3.05) is 0 Å². The lowest BCUT2D eigenvalue weighted by Crippen LogP contribution is -2.37. The largest absolute Gasteiger partial charge is 0.469 e. The number of rotatable bonds is 2. The summed E-state index contributed by atoms with van der Waals surface area (Å²) in [5.74, 6) is 4.16. The second-order valence-electron chi connectivity index (χ2n) is 1.45. The minimum Gasteiger partial charge on any atom is -0.360 e. The Balaban J connectivity index is 5.17. The smallest absolute Gasteiger partial charge is 0.360 e. The Labute approximate surface area is 71.2 Å². The molecule has 13 heavy (non-hydrogen) atoms. The molecule has 0 bridgehead atoms. The predicted octanol–water partition coefficient (Wildman–Crippen LogP) is -1.70. The monoisotopic (exact) mass is 210 g/mol. The van der Waals surface area contributed by atoms with E-state index in [2.05, 4.69) is 10.7 Å². The third-order valence-corrected chi connectivity index (χ3v) is 1.96. The van der Waals surface area contributed by atoms with Gasteiger partial charge in [-0.25, -0.2) is 14.9 Å². The molecule has 0 unspecified atom stereocenters. The maximum atomic E-state index is 10.6. The summed E-state index contributed by atoms with van der Waals surface area (Å²) in [6.07, 6.45) is 0.647. The molecule has 0 aromatic heterocycles. The van der Waals surface area contributed by atoms with Gasteiger partial charge in [-0.15, -0.1) is 0 Å². The second kappa shape index (κ2) is 3.65. The van der Waals surface area contributed by atoms with Gasteiger partial charge in [-0.05, 0) is 0 Å². The summed E-state index contributed by atoms with van der Waals surface area (Å²) in [6.45, 7) is 0. The Hall–Kier alpha value is -1.93. The fourth-order valence-corrected chi connectivity index (χ4v) is 0.855. The van der Waals surface area contributed by atoms with E-state index in [0.717, 1.165) is 0 Å². The Bertz CT molecular complexity index is 365. The molecule has 72 valence electrons. The number of hydrazine groups is 1. The van der Waals surface area contributed by atoms with Crippen LogP contribution in [-0.4, -0.2) is 23.2 Å². The standard InChI is InChI=1S/C2H2N4O6S/c3-1-5(6(8)9)13(10,11)2(7)12-4/h4H2. The number of nitrogens with two attached hydrogens (primary N) is 1. The molecule has 0 fully saturated rings. The minimum atomic E-state index is -5.11. The molecule has 0 aliphatic rings. The van der Waals surface area contributed by atoms with E-state index in [4.69, 9.17) is 5.26 Å². The normalized spacial score (nSPS) is 9.85. The summed E-state index contributed by atoms with van der Waals surface area (Å²) in [4.78, 5) is 23.4. The van der Waals surface area contributed by atoms with Crippen LogP contribution in [0.3, 0.4) is 0 Å². The Morgan fingerprint density at radius 2 is 2.15 bits per heavy atom. The van der Waals surface area contributed by atoms with Crippen LogP contribution in [-0.2, 0) is 14.9 Å². The number of hydrogen-bond acceptors (Lipinski definition) is 8. The molecule has 0 rings (SSSR count). The summed E-state index contributed by atoms with van der Waals surface area (Å²) in [6, 6.07) is 0. The lowest BCUT2D eigenvalue weighted by atomic mass is 11.4. The number of nitro groups is 1. The van der Waals surface area contributed by atoms with Gasteiger partial charge in [0.1, 0.15) is 4.41 Å². The first-order valence-electron chi connectivity index (χ1n) is 2.38. The molecule has 0 aliphatic heterocycles. The summed E-state index contributed by atoms with van der Waals surface area (Å²) in [7, 11) is -5.11. The quantitative estimate of drug-likeness (QED) is 0.244. The summed E-state index contributed by atoms with van der Waals surface area (Å²) >= 11 is 0. The SMILES string of the molecule is N#CN([N+](=O)[O-])S(=O)(=O)C(=O)ON. The average Bonchev–Trinajstić information content (AvgIpc) is 2.02. The fraction of sp³-hybridized carbons (Fsp3) is 0. The van der Waals surface area contributed by atoms with Crippen molar-refractivity contribution < 1.29 is 23.1 Å². The van der Waals surface area contributed by atoms with Crippen LogP contribution in [0.2, 0.25) is 0 Å². The van der Waals surface area contributed by atoms with Crippen molar-refractivity contribution >= 4 is 15.3 Å². The maximum Gasteiger partial charge on any atom is 0.469 e. The van der Waals surface area contributed by atoms with Gasteiger partial charge in [-0.1, -0.05) is 0 Å². The van der Waals surface area contributed by atoms with Gasteiger partial charge in [0.2, 0.25) is 0 Å². The Kier molecular flexibility index (Phi) is 3.11. The molecule has 0 saturated carbocycles. The highest BCUT2D eigenvalue weighted by Gasteiger charge is 2.40. The summed E-state index contributed by atoms with van der Waals surface area (Å²) in [5.41, 5.74) is 0. The van der Waals surface area contributed by atoms with Gasteiger partial charge in [0, 0.05) is 0 Å². The third-order valence-electron chi connectivity index (χ3n) is 0.768. The molecule has 0 amide bonds. The molecular weight excluding hydrogens is 208 g/mol. The Morgan fingerprint density at radius 1 is 1.69 bits per heavy atom. The van der Waals surface area contributed by atoms with Crippen molar-refractivity contribution in [2.45, 2.75) is 0 Å². The van der Waals surface area contributed by atoms with E-state index >= 15 is 0 Å². The third kappa shape index (κ3) is 2.01. The molecule has 2 N–H and O–H groups in total. The summed E-state index contributed by atoms with van der Waals surface area (Å²) in [5, 5.41) is 14.2. The van der Waals surface area contributed by atoms with Crippen LogP contribution in [0.4, 0.5) is 4.79 Å². The lowest BCUT2D eigenvalue weighted by Gasteiger charge is -2.01. The van der Waals surface area contributed by atoms with Crippen LogP contribution in [0.5, 0.6) is 0 Å². The highest BCUT2D eigenvalue weighted by molar-refractivity contribution is 8.03.